The van der Waals surface area contributed by atoms with Crippen molar-refractivity contribution in [3.05, 3.63) is 93.2 Å². The SMILES string of the molecule is O=C(Nc1c(Br)cc(C(F)(C(F)(F)F)C(F)(F)C(F)(F)F)cc1C(F)(F)F)c1cccc(NCCc2ccccc2)c1F. The highest BCUT2D eigenvalue weighted by molar-refractivity contribution is 9.10. The zero-order valence-corrected chi connectivity index (χ0v) is 22.5. The van der Waals surface area contributed by atoms with Gasteiger partial charge in [-0.2, -0.15) is 48.3 Å². The third-order valence-electron chi connectivity index (χ3n) is 6.03. The van der Waals surface area contributed by atoms with Gasteiger partial charge in [0.1, 0.15) is 0 Å². The Morgan fingerprint density at radius 2 is 1.37 bits per heavy atom. The van der Waals surface area contributed by atoms with Crippen LogP contribution >= 0.6 is 15.9 Å². The second-order valence-corrected chi connectivity index (χ2v) is 9.74. The molecule has 2 N–H and O–H groups in total. The summed E-state index contributed by atoms with van der Waals surface area (Å²) in [5.74, 6) is -10.1. The summed E-state index contributed by atoms with van der Waals surface area (Å²) >= 11 is 2.28. The highest BCUT2D eigenvalue weighted by Crippen LogP contribution is 2.59. The van der Waals surface area contributed by atoms with Crippen molar-refractivity contribution in [2.75, 3.05) is 17.2 Å². The van der Waals surface area contributed by atoms with Gasteiger partial charge >= 0.3 is 30.1 Å². The fourth-order valence-electron chi connectivity index (χ4n) is 3.89. The number of hydrogen-bond donors (Lipinski definition) is 2. The van der Waals surface area contributed by atoms with Crippen LogP contribution in [0.15, 0.2) is 65.1 Å². The molecule has 0 aliphatic carbocycles. The molecule has 3 aromatic carbocycles. The van der Waals surface area contributed by atoms with Gasteiger partial charge in [0.15, 0.2) is 5.82 Å². The topological polar surface area (TPSA) is 41.1 Å². The van der Waals surface area contributed by atoms with Crippen molar-refractivity contribution in [1.29, 1.82) is 0 Å². The van der Waals surface area contributed by atoms with Crippen LogP contribution in [0, 0.1) is 5.82 Å². The smallest absolute Gasteiger partial charge is 0.382 e. The number of benzene rings is 3. The van der Waals surface area contributed by atoms with Gasteiger partial charge in [-0.1, -0.05) is 36.4 Å². The molecule has 0 aliphatic rings. The van der Waals surface area contributed by atoms with Gasteiger partial charge < -0.3 is 10.6 Å². The van der Waals surface area contributed by atoms with Crippen LogP contribution in [0.4, 0.5) is 68.5 Å². The van der Waals surface area contributed by atoms with Crippen LogP contribution < -0.4 is 10.6 Å². The van der Waals surface area contributed by atoms with Gasteiger partial charge in [-0.15, -0.1) is 0 Å². The van der Waals surface area contributed by atoms with E-state index in [-0.39, 0.29) is 12.2 Å². The summed E-state index contributed by atoms with van der Waals surface area (Å²) in [4.78, 5) is 12.8. The highest BCUT2D eigenvalue weighted by Gasteiger charge is 2.82. The average Bonchev–Trinajstić information content (AvgIpc) is 2.88. The maximum Gasteiger partial charge on any atom is 0.457 e. The maximum atomic E-state index is 15.1. The third kappa shape index (κ3) is 6.70. The van der Waals surface area contributed by atoms with E-state index < -0.39 is 80.8 Å². The van der Waals surface area contributed by atoms with E-state index in [1.807, 2.05) is 0 Å². The molecule has 234 valence electrons. The molecular formula is C26H16BrF13N2O. The molecule has 0 fully saturated rings. The van der Waals surface area contributed by atoms with Crippen molar-refractivity contribution in [1.82, 2.24) is 0 Å². The molecular weight excluding hydrogens is 683 g/mol. The second kappa shape index (κ2) is 11.9. The Labute approximate surface area is 242 Å². The predicted molar refractivity (Wildman–Crippen MR) is 132 cm³/mol. The van der Waals surface area contributed by atoms with Crippen LogP contribution in [0.25, 0.3) is 0 Å². The Morgan fingerprint density at radius 1 is 0.767 bits per heavy atom. The lowest BCUT2D eigenvalue weighted by Gasteiger charge is -2.36. The Kier molecular flexibility index (Phi) is 9.39. The summed E-state index contributed by atoms with van der Waals surface area (Å²) in [6, 6.07) is 10.6. The molecule has 0 saturated heterocycles. The first kappa shape index (κ1) is 34.0. The molecule has 0 heterocycles. The normalized spacial score (nSPS) is 14.3. The van der Waals surface area contributed by atoms with Crippen LogP contribution in [0.3, 0.4) is 0 Å². The van der Waals surface area contributed by atoms with E-state index in [0.29, 0.717) is 6.42 Å². The van der Waals surface area contributed by atoms with E-state index in [2.05, 4.69) is 21.2 Å². The zero-order valence-electron chi connectivity index (χ0n) is 20.9. The van der Waals surface area contributed by atoms with E-state index in [4.69, 9.17) is 0 Å². The van der Waals surface area contributed by atoms with Crippen molar-refractivity contribution in [2.45, 2.75) is 36.5 Å². The molecule has 1 atom stereocenters. The molecule has 3 nitrogen and oxygen atoms in total. The minimum atomic E-state index is -7.25. The zero-order chi connectivity index (χ0) is 32.6. The Hall–Kier alpha value is -3.50. The molecule has 1 amide bonds. The van der Waals surface area contributed by atoms with Crippen molar-refractivity contribution < 1.29 is 61.9 Å². The van der Waals surface area contributed by atoms with Gasteiger partial charge in [-0.05, 0) is 52.2 Å². The highest BCUT2D eigenvalue weighted by atomic mass is 79.9. The van der Waals surface area contributed by atoms with Gasteiger partial charge in [0.05, 0.1) is 22.5 Å². The van der Waals surface area contributed by atoms with Crippen LogP contribution in [-0.2, 0) is 18.3 Å². The van der Waals surface area contributed by atoms with Crippen LogP contribution in [0.2, 0.25) is 0 Å². The standard InChI is InChI=1S/C26H16BrF13N2O/c27-17-12-14(22(29,25(35,36)37)24(33,34)26(38,39)40)11-16(23(30,31)32)20(17)42-21(43)15-7-4-8-18(19(15)28)41-10-9-13-5-2-1-3-6-13/h1-8,11-12,41H,9-10H2,(H,42,43). The number of rotatable bonds is 8. The second-order valence-electron chi connectivity index (χ2n) is 8.89. The summed E-state index contributed by atoms with van der Waals surface area (Å²) in [5, 5.41) is 4.23. The number of amides is 1. The molecule has 17 heteroatoms. The van der Waals surface area contributed by atoms with Crippen LogP contribution in [-0.4, -0.2) is 30.7 Å². The Morgan fingerprint density at radius 3 is 1.91 bits per heavy atom. The monoisotopic (exact) mass is 698 g/mol. The van der Waals surface area contributed by atoms with Crippen LogP contribution in [0.5, 0.6) is 0 Å². The number of alkyl halides is 12. The summed E-state index contributed by atoms with van der Waals surface area (Å²) in [7, 11) is 0. The molecule has 3 aromatic rings. The van der Waals surface area contributed by atoms with Gasteiger partial charge in [-0.3, -0.25) is 4.79 Å². The van der Waals surface area contributed by atoms with Crippen molar-refractivity contribution in [3.8, 4) is 0 Å². The lowest BCUT2D eigenvalue weighted by Crippen LogP contribution is -2.59. The molecule has 43 heavy (non-hydrogen) atoms. The lowest BCUT2D eigenvalue weighted by molar-refractivity contribution is -0.389. The number of halogens is 14. The first-order valence-corrected chi connectivity index (χ1v) is 12.4. The van der Waals surface area contributed by atoms with E-state index >= 15 is 4.39 Å². The summed E-state index contributed by atoms with van der Waals surface area (Å²) in [5.41, 5.74) is -13.7. The number of anilines is 2. The fraction of sp³-hybridized carbons (Fsp3) is 0.269. The van der Waals surface area contributed by atoms with Gasteiger partial charge in [0, 0.05) is 16.6 Å². The summed E-state index contributed by atoms with van der Waals surface area (Å²) < 4.78 is 177. The Bertz CT molecular complexity index is 1470. The molecule has 0 saturated carbocycles. The molecule has 1 unspecified atom stereocenters. The third-order valence-corrected chi connectivity index (χ3v) is 6.65. The van der Waals surface area contributed by atoms with E-state index in [9.17, 15) is 57.5 Å². The molecule has 3 rings (SSSR count). The molecule has 0 bridgehead atoms. The van der Waals surface area contributed by atoms with Crippen molar-refractivity contribution in [2.24, 2.45) is 0 Å². The minimum Gasteiger partial charge on any atom is -0.382 e. The van der Waals surface area contributed by atoms with Gasteiger partial charge in [0.25, 0.3) is 5.91 Å². The van der Waals surface area contributed by atoms with E-state index in [1.165, 1.54) is 6.07 Å². The summed E-state index contributed by atoms with van der Waals surface area (Å²) in [6.07, 6.45) is -19.7. The van der Waals surface area contributed by atoms with E-state index in [1.54, 1.807) is 35.6 Å². The quantitative estimate of drug-likeness (QED) is 0.230. The van der Waals surface area contributed by atoms with Crippen molar-refractivity contribution in [3.63, 3.8) is 0 Å². The van der Waals surface area contributed by atoms with Gasteiger partial charge in [-0.25, -0.2) is 8.78 Å². The first-order valence-electron chi connectivity index (χ1n) is 11.6. The number of nitrogens with one attached hydrogen (secondary N) is 2. The largest absolute Gasteiger partial charge is 0.457 e. The van der Waals surface area contributed by atoms with Crippen molar-refractivity contribution >= 4 is 33.2 Å². The van der Waals surface area contributed by atoms with Gasteiger partial charge in [0.2, 0.25) is 0 Å². The molecule has 0 spiro atoms. The number of carbonyl (C=O) groups excluding carboxylic acids is 1. The number of carbonyl (C=O) groups is 1. The Balaban J connectivity index is 2.03. The van der Waals surface area contributed by atoms with Crippen LogP contribution in [0.1, 0.15) is 27.0 Å². The molecule has 0 aliphatic heterocycles. The predicted octanol–water partition coefficient (Wildman–Crippen LogP) is 9.44. The average molecular weight is 699 g/mol. The fourth-order valence-corrected chi connectivity index (χ4v) is 4.44. The summed E-state index contributed by atoms with van der Waals surface area (Å²) in [6.45, 7) is 0.143. The first-order chi connectivity index (χ1) is 19.6. The van der Waals surface area contributed by atoms with E-state index in [0.717, 1.165) is 17.7 Å². The number of hydrogen-bond acceptors (Lipinski definition) is 2. The molecule has 0 radical (unpaired) electrons. The lowest BCUT2D eigenvalue weighted by atomic mass is 9.86. The maximum absolute atomic E-state index is 15.1. The minimum absolute atomic E-state index is 0.143. The molecule has 0 aromatic heterocycles.